The molecular formula is C12H14F3NS. The average Bonchev–Trinajstić information content (AvgIpc) is 2.34. The van der Waals surface area contributed by atoms with Crippen LogP contribution in [0, 0.1) is 17.5 Å². The minimum absolute atomic E-state index is 0.378. The molecule has 2 rings (SSSR count). The van der Waals surface area contributed by atoms with Crippen LogP contribution in [-0.2, 0) is 6.54 Å². The predicted molar refractivity (Wildman–Crippen MR) is 63.5 cm³/mol. The Hall–Kier alpha value is -0.680. The first kappa shape index (κ1) is 12.8. The van der Waals surface area contributed by atoms with Crippen LogP contribution in [-0.4, -0.2) is 17.5 Å². The van der Waals surface area contributed by atoms with E-state index in [4.69, 9.17) is 0 Å². The van der Waals surface area contributed by atoms with E-state index in [1.807, 2.05) is 11.8 Å². The highest BCUT2D eigenvalue weighted by Gasteiger charge is 2.14. The third-order valence-electron chi connectivity index (χ3n) is 2.86. The number of benzene rings is 1. The van der Waals surface area contributed by atoms with Gasteiger partial charge in [-0.15, -0.1) is 0 Å². The molecule has 1 fully saturated rings. The molecule has 0 aromatic heterocycles. The first-order valence-electron chi connectivity index (χ1n) is 5.61. The quantitative estimate of drug-likeness (QED) is 0.839. The van der Waals surface area contributed by atoms with Crippen LogP contribution in [0.25, 0.3) is 0 Å². The molecule has 1 nitrogen and oxygen atoms in total. The van der Waals surface area contributed by atoms with Gasteiger partial charge in [0.25, 0.3) is 0 Å². The van der Waals surface area contributed by atoms with Gasteiger partial charge in [0.2, 0.25) is 0 Å². The van der Waals surface area contributed by atoms with Crippen LogP contribution in [0.1, 0.15) is 18.4 Å². The van der Waals surface area contributed by atoms with Crippen molar-refractivity contribution in [2.75, 3.05) is 11.5 Å². The van der Waals surface area contributed by atoms with Gasteiger partial charge in [-0.3, -0.25) is 0 Å². The zero-order valence-electron chi connectivity index (χ0n) is 9.31. The fourth-order valence-electron chi connectivity index (χ4n) is 1.87. The number of rotatable bonds is 3. The summed E-state index contributed by atoms with van der Waals surface area (Å²) in [4.78, 5) is 0. The van der Waals surface area contributed by atoms with E-state index in [0.717, 1.165) is 36.5 Å². The summed E-state index contributed by atoms with van der Waals surface area (Å²) in [6, 6.07) is 2.49. The van der Waals surface area contributed by atoms with Gasteiger partial charge < -0.3 is 5.32 Å². The van der Waals surface area contributed by atoms with Crippen LogP contribution in [0.5, 0.6) is 0 Å². The van der Waals surface area contributed by atoms with Crippen LogP contribution in [0.2, 0.25) is 0 Å². The van der Waals surface area contributed by atoms with E-state index in [1.165, 1.54) is 0 Å². The average molecular weight is 261 g/mol. The molecule has 1 aromatic rings. The second kappa shape index (κ2) is 5.78. The van der Waals surface area contributed by atoms with E-state index in [9.17, 15) is 13.2 Å². The molecule has 0 amide bonds. The lowest BCUT2D eigenvalue weighted by molar-refractivity contribution is 0.440. The number of halogens is 3. The number of nitrogens with one attached hydrogen (secondary N) is 1. The summed E-state index contributed by atoms with van der Waals surface area (Å²) in [6.45, 7) is 0.378. The van der Waals surface area contributed by atoms with Gasteiger partial charge in [-0.25, -0.2) is 13.2 Å². The molecule has 0 unspecified atom stereocenters. The van der Waals surface area contributed by atoms with Gasteiger partial charge in [0, 0.05) is 12.6 Å². The normalized spacial score (nSPS) is 17.4. The molecule has 0 aliphatic carbocycles. The van der Waals surface area contributed by atoms with E-state index in [-0.39, 0.29) is 0 Å². The van der Waals surface area contributed by atoms with Crippen molar-refractivity contribution in [2.45, 2.75) is 25.4 Å². The molecule has 0 atom stereocenters. The van der Waals surface area contributed by atoms with Gasteiger partial charge in [0.15, 0.2) is 17.5 Å². The Kier molecular flexibility index (Phi) is 4.34. The van der Waals surface area contributed by atoms with Gasteiger partial charge >= 0.3 is 0 Å². The van der Waals surface area contributed by atoms with Gasteiger partial charge in [0.1, 0.15) is 0 Å². The zero-order valence-corrected chi connectivity index (χ0v) is 10.1. The molecule has 1 N–H and O–H groups in total. The largest absolute Gasteiger partial charge is 0.310 e. The van der Waals surface area contributed by atoms with Crippen LogP contribution >= 0.6 is 11.8 Å². The van der Waals surface area contributed by atoms with E-state index in [2.05, 4.69) is 5.32 Å². The molecule has 0 bridgehead atoms. The highest BCUT2D eigenvalue weighted by atomic mass is 32.2. The highest BCUT2D eigenvalue weighted by Crippen LogP contribution is 2.18. The van der Waals surface area contributed by atoms with Crippen LogP contribution < -0.4 is 5.32 Å². The maximum atomic E-state index is 13.0. The molecule has 1 aliphatic heterocycles. The first-order chi connectivity index (χ1) is 8.16. The summed E-state index contributed by atoms with van der Waals surface area (Å²) in [5.41, 5.74) is 0.444. The summed E-state index contributed by atoms with van der Waals surface area (Å²) >= 11 is 1.92. The van der Waals surface area contributed by atoms with Crippen molar-refractivity contribution < 1.29 is 13.2 Å². The highest BCUT2D eigenvalue weighted by molar-refractivity contribution is 7.99. The van der Waals surface area contributed by atoms with E-state index >= 15 is 0 Å². The molecule has 1 aliphatic rings. The Bertz CT molecular complexity index is 368. The van der Waals surface area contributed by atoms with Gasteiger partial charge in [-0.05, 0) is 42.0 Å². The van der Waals surface area contributed by atoms with Crippen molar-refractivity contribution in [2.24, 2.45) is 0 Å². The Balaban J connectivity index is 1.94. The fraction of sp³-hybridized carbons (Fsp3) is 0.500. The molecule has 0 spiro atoms. The number of hydrogen-bond donors (Lipinski definition) is 1. The smallest absolute Gasteiger partial charge is 0.194 e. The molecule has 1 aromatic carbocycles. The van der Waals surface area contributed by atoms with Crippen molar-refractivity contribution in [1.29, 1.82) is 0 Å². The van der Waals surface area contributed by atoms with Crippen molar-refractivity contribution >= 4 is 11.8 Å². The first-order valence-corrected chi connectivity index (χ1v) is 6.77. The molecule has 1 saturated heterocycles. The fourth-order valence-corrected chi connectivity index (χ4v) is 2.98. The van der Waals surface area contributed by atoms with Crippen LogP contribution in [0.3, 0.4) is 0 Å². The van der Waals surface area contributed by atoms with Gasteiger partial charge in [0.05, 0.1) is 0 Å². The predicted octanol–water partition coefficient (Wildman–Crippen LogP) is 3.09. The zero-order chi connectivity index (χ0) is 12.3. The van der Waals surface area contributed by atoms with Crippen molar-refractivity contribution in [1.82, 2.24) is 5.32 Å². The molecule has 0 radical (unpaired) electrons. The Morgan fingerprint density at radius 2 is 1.71 bits per heavy atom. The molecule has 0 saturated carbocycles. The summed E-state index contributed by atoms with van der Waals surface area (Å²) in [7, 11) is 0. The summed E-state index contributed by atoms with van der Waals surface area (Å²) in [5.74, 6) is -1.42. The molecule has 17 heavy (non-hydrogen) atoms. The Labute approximate surface area is 103 Å². The SMILES string of the molecule is Fc1cc(CNC2CCSCC2)cc(F)c1F. The molecule has 94 valence electrons. The monoisotopic (exact) mass is 261 g/mol. The summed E-state index contributed by atoms with van der Waals surface area (Å²) < 4.78 is 38.7. The number of hydrogen-bond acceptors (Lipinski definition) is 2. The topological polar surface area (TPSA) is 12.0 Å². The van der Waals surface area contributed by atoms with Crippen molar-refractivity contribution in [3.8, 4) is 0 Å². The van der Waals surface area contributed by atoms with Crippen LogP contribution in [0.15, 0.2) is 12.1 Å². The minimum atomic E-state index is -1.40. The standard InChI is InChI=1S/C12H14F3NS/c13-10-5-8(6-11(14)12(10)15)7-16-9-1-3-17-4-2-9/h5-6,9,16H,1-4,7H2. The summed E-state index contributed by atoms with van der Waals surface area (Å²) in [5, 5.41) is 3.24. The van der Waals surface area contributed by atoms with E-state index < -0.39 is 17.5 Å². The lowest BCUT2D eigenvalue weighted by Crippen LogP contribution is -2.32. The van der Waals surface area contributed by atoms with Crippen molar-refractivity contribution in [3.63, 3.8) is 0 Å². The number of thioether (sulfide) groups is 1. The van der Waals surface area contributed by atoms with E-state index in [0.29, 0.717) is 18.2 Å². The second-order valence-electron chi connectivity index (χ2n) is 4.14. The van der Waals surface area contributed by atoms with E-state index in [1.54, 1.807) is 0 Å². The maximum Gasteiger partial charge on any atom is 0.194 e. The Morgan fingerprint density at radius 1 is 1.12 bits per heavy atom. The summed E-state index contributed by atoms with van der Waals surface area (Å²) in [6.07, 6.45) is 2.13. The third kappa shape index (κ3) is 3.39. The lowest BCUT2D eigenvalue weighted by atomic mass is 10.1. The Morgan fingerprint density at radius 3 is 2.29 bits per heavy atom. The minimum Gasteiger partial charge on any atom is -0.310 e. The van der Waals surface area contributed by atoms with Gasteiger partial charge in [-0.2, -0.15) is 11.8 Å². The van der Waals surface area contributed by atoms with Crippen molar-refractivity contribution in [3.05, 3.63) is 35.1 Å². The lowest BCUT2D eigenvalue weighted by Gasteiger charge is -2.22. The van der Waals surface area contributed by atoms with Gasteiger partial charge in [-0.1, -0.05) is 0 Å². The molecule has 1 heterocycles. The third-order valence-corrected chi connectivity index (χ3v) is 3.91. The second-order valence-corrected chi connectivity index (χ2v) is 5.37. The van der Waals surface area contributed by atoms with Crippen LogP contribution in [0.4, 0.5) is 13.2 Å². The molecule has 5 heteroatoms. The maximum absolute atomic E-state index is 13.0. The molecular weight excluding hydrogens is 247 g/mol.